The number of nitrogens with one attached hydrogen (secondary N) is 6. The van der Waals surface area contributed by atoms with Gasteiger partial charge in [0.15, 0.2) is 6.39 Å². The summed E-state index contributed by atoms with van der Waals surface area (Å²) in [6.45, 7) is 0. The lowest BCUT2D eigenvalue weighted by Crippen LogP contribution is -1.78. The van der Waals surface area contributed by atoms with E-state index in [9.17, 15) is 0 Å². The predicted octanol–water partition coefficient (Wildman–Crippen LogP) is 28.6. The first-order valence-corrected chi connectivity index (χ1v) is 44.0. The van der Waals surface area contributed by atoms with Gasteiger partial charge in [-0.05, 0) is 183 Å². The number of thiazole rings is 1. The molecule has 26 aromatic rings. The molecule has 0 saturated carbocycles. The summed E-state index contributed by atoms with van der Waals surface area (Å²) in [6, 6.07) is 69.0. The number of aromatic amines is 6. The summed E-state index contributed by atoms with van der Waals surface area (Å²) in [7, 11) is 0. The van der Waals surface area contributed by atoms with E-state index in [1.807, 2.05) is 174 Å². The minimum absolute atomic E-state index is 0. The van der Waals surface area contributed by atoms with E-state index in [1.165, 1.54) is 105 Å². The molecule has 33 nitrogen and oxygen atoms in total. The van der Waals surface area contributed by atoms with Crippen molar-refractivity contribution in [1.29, 1.82) is 0 Å². The van der Waals surface area contributed by atoms with Gasteiger partial charge in [0.1, 0.15) is 50.5 Å². The molecule has 0 unspecified atom stereocenters. The van der Waals surface area contributed by atoms with Gasteiger partial charge in [-0.3, -0.25) is 40.1 Å². The fourth-order valence-electron chi connectivity index (χ4n) is 7.98. The number of oxazole rings is 1. The molecule has 0 spiro atoms. The van der Waals surface area contributed by atoms with Crippen LogP contribution in [0.15, 0.2) is 514 Å². The number of thiophene rings is 4. The van der Waals surface area contributed by atoms with Gasteiger partial charge < -0.3 is 28.9 Å². The first-order chi connectivity index (χ1) is 65.8. The summed E-state index contributed by atoms with van der Waals surface area (Å²) in [5.74, 6) is 0. The molecule has 6 N–H and O–H groups in total. The van der Waals surface area contributed by atoms with Crippen LogP contribution in [0.1, 0.15) is 81.7 Å². The van der Waals surface area contributed by atoms with Crippen LogP contribution in [0.25, 0.3) is 52.5 Å². The SMILES string of the molecule is C.C.C.C.C.C.C.C.C.C.C.c1c[nH]cn1.c1cc2sccc2s1.c1cc[nH]c1.c1ccc2[nH]ccc2c1.c1ccc2[nH]cnc2c1.c1ccc2nccnc2c1.c1ccc2sccc2c1.c1ccncc1.c1ccnnc1.c1ccsc1.c1cn[nH]c1.c1cn[nH]c1.c1cnccn1.c1cncnc1.c1cncnc1.c1cnncn1.c1cnoc1.c1cnsc1.c1cocn1.c1cscn1.c1ncncn1. The Balaban J connectivity index is -0.000000345. The van der Waals surface area contributed by atoms with Crippen molar-refractivity contribution in [2.45, 2.75) is 81.7 Å². The van der Waals surface area contributed by atoms with Crippen molar-refractivity contribution >= 4 is 121 Å². The maximum atomic E-state index is 4.47. The molecule has 22 heterocycles. The van der Waals surface area contributed by atoms with Crippen molar-refractivity contribution in [2.75, 3.05) is 0 Å². The topological polar surface area (TPSA) is 443 Å². The molecular formula is C104H133N31O2S6. The molecule has 143 heavy (non-hydrogen) atoms. The molecule has 0 radical (unpaired) electrons. The Bertz CT molecular complexity index is 5000. The van der Waals surface area contributed by atoms with Gasteiger partial charge in [0.25, 0.3) is 0 Å². The lowest BCUT2D eigenvalue weighted by Gasteiger charge is -1.90. The molecule has 0 bridgehead atoms. The van der Waals surface area contributed by atoms with Crippen LogP contribution in [-0.2, 0) is 0 Å². The van der Waals surface area contributed by atoms with Gasteiger partial charge >= 0.3 is 0 Å². The Morgan fingerprint density at radius 1 is 0.245 bits per heavy atom. The third-order valence-corrected chi connectivity index (χ3v) is 17.9. The van der Waals surface area contributed by atoms with Crippen molar-refractivity contribution in [1.82, 2.24) is 155 Å². The Morgan fingerprint density at radius 3 is 1.08 bits per heavy atom. The highest BCUT2D eigenvalue weighted by Crippen LogP contribution is 2.25. The molecule has 752 valence electrons. The second-order valence-electron chi connectivity index (χ2n) is 22.5. The molecule has 0 aliphatic rings. The minimum Gasteiger partial charge on any atom is -0.452 e. The van der Waals surface area contributed by atoms with E-state index < -0.39 is 0 Å². The van der Waals surface area contributed by atoms with Crippen LogP contribution in [-0.4, -0.2) is 155 Å². The highest BCUT2D eigenvalue weighted by molar-refractivity contribution is 7.25. The van der Waals surface area contributed by atoms with Gasteiger partial charge in [-0.1, -0.05) is 166 Å². The Hall–Kier alpha value is -17.4. The Labute approximate surface area is 864 Å². The van der Waals surface area contributed by atoms with E-state index in [2.05, 4.69) is 241 Å². The lowest BCUT2D eigenvalue weighted by atomic mass is 10.3. The highest BCUT2D eigenvalue weighted by Gasteiger charge is 1.93. The second-order valence-corrected chi connectivity index (χ2v) is 27.6. The van der Waals surface area contributed by atoms with Gasteiger partial charge in [-0.15, -0.1) is 50.4 Å². The first-order valence-electron chi connectivity index (χ1n) is 38.7. The van der Waals surface area contributed by atoms with E-state index in [0.717, 1.165) is 22.1 Å². The van der Waals surface area contributed by atoms with Gasteiger partial charge in [0.2, 0.25) is 0 Å². The smallest absolute Gasteiger partial charge is 0.180 e. The third-order valence-electron chi connectivity index (χ3n) is 13.4. The molecule has 39 heteroatoms. The van der Waals surface area contributed by atoms with Crippen LogP contribution in [0.2, 0.25) is 0 Å². The number of H-pyrrole nitrogens is 6. The summed E-state index contributed by atoms with van der Waals surface area (Å²) in [5.41, 5.74) is 7.02. The third kappa shape index (κ3) is 78.4. The number of aromatic nitrogens is 31. The summed E-state index contributed by atoms with van der Waals surface area (Å²) < 4.78 is 16.8. The first kappa shape index (κ1) is 136. The normalized spacial score (nSPS) is 8.08. The van der Waals surface area contributed by atoms with E-state index in [1.54, 1.807) is 248 Å². The van der Waals surface area contributed by atoms with Crippen molar-refractivity contribution in [2.24, 2.45) is 0 Å². The number of pyridine rings is 1. The van der Waals surface area contributed by atoms with E-state index >= 15 is 0 Å². The summed E-state index contributed by atoms with van der Waals surface area (Å²) in [5, 5.41) is 46.7. The average molecular weight is 2040 g/mol. The molecule has 0 amide bonds. The molecule has 22 aromatic heterocycles. The number of hydrogen-bond acceptors (Lipinski definition) is 33. The Morgan fingerprint density at radius 2 is 0.769 bits per heavy atom. The van der Waals surface area contributed by atoms with Crippen molar-refractivity contribution in [3.05, 3.63) is 505 Å². The zero-order chi connectivity index (χ0) is 92.0. The fourth-order valence-corrected chi connectivity index (χ4v) is 11.7. The minimum atomic E-state index is 0. The monoisotopic (exact) mass is 2040 g/mol. The molecule has 26 rings (SSSR count). The quantitative estimate of drug-likeness (QED) is 0.0821. The molecule has 0 fully saturated rings. The zero-order valence-corrected chi connectivity index (χ0v) is 75.3. The summed E-state index contributed by atoms with van der Waals surface area (Å²) in [6.07, 6.45) is 65.8. The fraction of sp³-hybridized carbons (Fsp3) is 0.106. The molecule has 4 aromatic carbocycles. The molecular weight excluding hydrogens is 1910 g/mol. The van der Waals surface area contributed by atoms with E-state index in [-0.39, 0.29) is 81.7 Å². The van der Waals surface area contributed by atoms with Crippen LogP contribution >= 0.6 is 68.2 Å². The van der Waals surface area contributed by atoms with Crippen molar-refractivity contribution < 1.29 is 8.94 Å². The number of hydrogen-bond donors (Lipinski definition) is 6. The summed E-state index contributed by atoms with van der Waals surface area (Å²) >= 11 is 10.2. The van der Waals surface area contributed by atoms with E-state index in [0.29, 0.717) is 0 Å². The van der Waals surface area contributed by atoms with Crippen LogP contribution in [0, 0.1) is 0 Å². The van der Waals surface area contributed by atoms with E-state index in [4.69, 9.17) is 0 Å². The molecule has 0 atom stereocenters. The van der Waals surface area contributed by atoms with Gasteiger partial charge in [-0.2, -0.15) is 36.8 Å². The average Bonchev–Trinajstić information content (AvgIpc) is 1.80. The number of para-hydroxylation sites is 5. The number of rotatable bonds is 0. The summed E-state index contributed by atoms with van der Waals surface area (Å²) in [4.78, 5) is 75.2. The molecule has 0 saturated heterocycles. The number of fused-ring (bicyclic) bond motifs is 5. The van der Waals surface area contributed by atoms with Crippen molar-refractivity contribution in [3.63, 3.8) is 0 Å². The predicted molar refractivity (Wildman–Crippen MR) is 600 cm³/mol. The molecule has 0 aliphatic heterocycles. The number of nitrogens with zero attached hydrogens (tertiary/aromatic N) is 25. The van der Waals surface area contributed by atoms with Crippen LogP contribution in [0.4, 0.5) is 0 Å². The zero-order valence-electron chi connectivity index (χ0n) is 70.4. The van der Waals surface area contributed by atoms with Crippen molar-refractivity contribution in [3.8, 4) is 0 Å². The van der Waals surface area contributed by atoms with Crippen LogP contribution < -0.4 is 0 Å². The maximum absolute atomic E-state index is 4.47. The highest BCUT2D eigenvalue weighted by atomic mass is 32.1. The molecule has 0 aliphatic carbocycles. The lowest BCUT2D eigenvalue weighted by molar-refractivity contribution is 0.420. The largest absolute Gasteiger partial charge is 0.452 e. The van der Waals surface area contributed by atoms with Gasteiger partial charge in [0, 0.05) is 191 Å². The maximum Gasteiger partial charge on any atom is 0.180 e. The standard InChI is InChI=1S/C8H6N2.C8H7N.C8H6S.C7H6N2.C6H4S2.C5H5N.4C4H4N2.C4H5N.C4H4S.2C3H3N3.3C3H4N2.2C3H3NO.2C3H3NS.11CH4/c1-2-4-8-7(3-1)9-5-6-10-8;2*1-2-4-8-7(3-1)5-6-9-8;1-2-4-7-6(3-1)8-5-9-7;1-3-7-6-2-4-8-5(1)6;1-2-4-6-5-3-1;1-2-6-4-3-5-1;2*1-2-5-4-6-3-1;1-2-4-6-5-3-1;2*1-2-4-5-3-1;1-4-2-6-3-5-1;1-2-5-6-3-4-1;1-2-5-3-4-1;2*1-2-4-5-3-1;1-2-5-3-4-1;1-2-4-5-3-1;1-2-5-3-4-1;1-2-4-5-3-1;;;;;;;;;;;/h1-6H;1-6,9H;1-6H;1-5H,(H,8,9);1-4H;1-5H;4*1-4H;1-5H;1-4H;2*1-3H;3*1-3H,(H,4,5);4*1-3H;11*1H4. The van der Waals surface area contributed by atoms with Crippen LogP contribution in [0.3, 0.4) is 0 Å². The van der Waals surface area contributed by atoms with Gasteiger partial charge in [-0.25, -0.2) is 59.2 Å². The Kier molecular flexibility index (Phi) is 100. The number of imidazole rings is 2. The van der Waals surface area contributed by atoms with Crippen LogP contribution in [0.5, 0.6) is 0 Å². The van der Waals surface area contributed by atoms with Gasteiger partial charge in [0.05, 0.1) is 58.8 Å². The number of benzene rings is 4. The second kappa shape index (κ2) is 105.